The summed E-state index contributed by atoms with van der Waals surface area (Å²) in [5.41, 5.74) is 0.315. The van der Waals surface area contributed by atoms with E-state index in [1.807, 2.05) is 18.7 Å². The van der Waals surface area contributed by atoms with Crippen molar-refractivity contribution in [2.45, 2.75) is 65.0 Å². The summed E-state index contributed by atoms with van der Waals surface area (Å²) in [7, 11) is 0. The fourth-order valence-corrected chi connectivity index (χ4v) is 4.87. The third-order valence-electron chi connectivity index (χ3n) is 6.66. The van der Waals surface area contributed by atoms with Crippen LogP contribution in [0.25, 0.3) is 0 Å². The molecule has 0 saturated carbocycles. The van der Waals surface area contributed by atoms with Crippen LogP contribution in [0.5, 0.6) is 0 Å². The van der Waals surface area contributed by atoms with Crippen LogP contribution >= 0.6 is 0 Å². The Labute approximate surface area is 173 Å². The maximum atomic E-state index is 12.5. The van der Waals surface area contributed by atoms with Gasteiger partial charge in [-0.3, -0.25) is 9.69 Å². The van der Waals surface area contributed by atoms with Gasteiger partial charge >= 0.3 is 0 Å². The molecule has 2 aliphatic heterocycles. The van der Waals surface area contributed by atoms with E-state index in [1.54, 1.807) is 0 Å². The first-order chi connectivity index (χ1) is 14.2. The van der Waals surface area contributed by atoms with Gasteiger partial charge in [0.1, 0.15) is 11.5 Å². The number of aromatic nitrogens is 2. The Balaban J connectivity index is 1.26. The molecule has 0 N–H and O–H groups in total. The van der Waals surface area contributed by atoms with E-state index in [2.05, 4.69) is 38.4 Å². The molecule has 6 nitrogen and oxygen atoms in total. The van der Waals surface area contributed by atoms with E-state index in [0.29, 0.717) is 17.7 Å². The van der Waals surface area contributed by atoms with Gasteiger partial charge in [0, 0.05) is 44.9 Å². The Morgan fingerprint density at radius 3 is 2.72 bits per heavy atom. The molecule has 2 aliphatic rings. The number of likely N-dealkylation sites (tertiary alicyclic amines) is 2. The molecule has 0 radical (unpaired) electrons. The standard InChI is InChI=1S/C23H34N4O2/c1-2-4-20-5-6-21(29-20)17-25-14-9-23(10-15-25)8-7-22(28)27(18-23)13-3-12-26-16-11-24-19-26/h5-6,11,16,19H,2-4,7-10,12-15,17-18H2,1H3. The average Bonchev–Trinajstić information content (AvgIpc) is 3.39. The Bertz CT molecular complexity index is 775. The first-order valence-corrected chi connectivity index (χ1v) is 11.2. The lowest BCUT2D eigenvalue weighted by Gasteiger charge is -2.47. The Morgan fingerprint density at radius 2 is 1.97 bits per heavy atom. The van der Waals surface area contributed by atoms with Gasteiger partial charge in [0.05, 0.1) is 12.9 Å². The lowest BCUT2D eigenvalue weighted by atomic mass is 9.72. The number of piperidine rings is 2. The quantitative estimate of drug-likeness (QED) is 0.680. The van der Waals surface area contributed by atoms with E-state index < -0.39 is 0 Å². The molecule has 1 amide bonds. The fraction of sp³-hybridized carbons (Fsp3) is 0.652. The van der Waals surface area contributed by atoms with Crippen LogP contribution in [0.3, 0.4) is 0 Å². The summed E-state index contributed by atoms with van der Waals surface area (Å²) in [6.07, 6.45) is 12.9. The zero-order valence-corrected chi connectivity index (χ0v) is 17.7. The summed E-state index contributed by atoms with van der Waals surface area (Å²) in [6.45, 7) is 8.01. The molecular formula is C23H34N4O2. The van der Waals surface area contributed by atoms with Crippen LogP contribution in [-0.2, 0) is 24.3 Å². The monoisotopic (exact) mass is 398 g/mol. The second-order valence-corrected chi connectivity index (χ2v) is 8.86. The number of furan rings is 1. The van der Waals surface area contributed by atoms with Crippen molar-refractivity contribution in [2.24, 2.45) is 5.41 Å². The van der Waals surface area contributed by atoms with Gasteiger partial charge < -0.3 is 13.9 Å². The summed E-state index contributed by atoms with van der Waals surface area (Å²) < 4.78 is 8.06. The fourth-order valence-electron chi connectivity index (χ4n) is 4.87. The molecule has 2 aromatic heterocycles. The molecule has 0 bridgehead atoms. The van der Waals surface area contributed by atoms with E-state index >= 15 is 0 Å². The molecular weight excluding hydrogens is 364 g/mol. The molecule has 29 heavy (non-hydrogen) atoms. The van der Waals surface area contributed by atoms with Gasteiger partial charge in [-0.25, -0.2) is 4.98 Å². The topological polar surface area (TPSA) is 54.5 Å². The molecule has 4 heterocycles. The molecule has 2 aromatic rings. The lowest BCUT2D eigenvalue weighted by Crippen LogP contribution is -2.51. The second-order valence-electron chi connectivity index (χ2n) is 8.86. The van der Waals surface area contributed by atoms with Crippen LogP contribution in [0, 0.1) is 5.41 Å². The van der Waals surface area contributed by atoms with Crippen LogP contribution in [0.1, 0.15) is 57.0 Å². The second kappa shape index (κ2) is 9.16. The number of hydrogen-bond acceptors (Lipinski definition) is 4. The van der Waals surface area contributed by atoms with Gasteiger partial charge in [0.25, 0.3) is 0 Å². The number of imidazole rings is 1. The molecule has 0 unspecified atom stereocenters. The van der Waals surface area contributed by atoms with E-state index in [4.69, 9.17) is 4.42 Å². The molecule has 2 saturated heterocycles. The maximum Gasteiger partial charge on any atom is 0.222 e. The third kappa shape index (κ3) is 5.10. The van der Waals surface area contributed by atoms with Crippen LogP contribution in [0.4, 0.5) is 0 Å². The van der Waals surface area contributed by atoms with E-state index in [9.17, 15) is 4.79 Å². The number of amides is 1. The van der Waals surface area contributed by atoms with E-state index in [0.717, 1.165) is 76.5 Å². The van der Waals surface area contributed by atoms with Crippen LogP contribution in [-0.4, -0.2) is 51.4 Å². The molecule has 1 spiro atoms. The molecule has 0 atom stereocenters. The SMILES string of the molecule is CCCc1ccc(CN2CCC3(CCC(=O)N(CCCn4ccnc4)C3)CC2)o1. The first-order valence-electron chi connectivity index (χ1n) is 11.2. The van der Waals surface area contributed by atoms with Gasteiger partial charge in [-0.15, -0.1) is 0 Å². The average molecular weight is 399 g/mol. The van der Waals surface area contributed by atoms with Crippen molar-refractivity contribution < 1.29 is 9.21 Å². The highest BCUT2D eigenvalue weighted by Crippen LogP contribution is 2.40. The number of carbonyl (C=O) groups excluding carboxylic acids is 1. The zero-order chi connectivity index (χ0) is 20.1. The van der Waals surface area contributed by atoms with Crippen molar-refractivity contribution in [1.29, 1.82) is 0 Å². The van der Waals surface area contributed by atoms with Crippen molar-refractivity contribution >= 4 is 5.91 Å². The zero-order valence-electron chi connectivity index (χ0n) is 17.7. The predicted molar refractivity (Wildman–Crippen MR) is 112 cm³/mol. The highest BCUT2D eigenvalue weighted by atomic mass is 16.3. The van der Waals surface area contributed by atoms with Crippen molar-refractivity contribution in [2.75, 3.05) is 26.2 Å². The van der Waals surface area contributed by atoms with Gasteiger partial charge in [-0.05, 0) is 62.7 Å². The van der Waals surface area contributed by atoms with Gasteiger partial charge in [-0.1, -0.05) is 6.92 Å². The number of hydrogen-bond donors (Lipinski definition) is 0. The Kier molecular flexibility index (Phi) is 6.38. The van der Waals surface area contributed by atoms with E-state index in [-0.39, 0.29) is 0 Å². The molecule has 0 aliphatic carbocycles. The lowest BCUT2D eigenvalue weighted by molar-refractivity contribution is -0.139. The van der Waals surface area contributed by atoms with Crippen LogP contribution in [0.15, 0.2) is 35.3 Å². The minimum atomic E-state index is 0.315. The smallest absolute Gasteiger partial charge is 0.222 e. The number of aryl methyl sites for hydroxylation is 2. The predicted octanol–water partition coefficient (Wildman–Crippen LogP) is 3.72. The highest BCUT2D eigenvalue weighted by molar-refractivity contribution is 5.77. The minimum Gasteiger partial charge on any atom is -0.465 e. The van der Waals surface area contributed by atoms with Crippen molar-refractivity contribution in [3.63, 3.8) is 0 Å². The molecule has 2 fully saturated rings. The summed E-state index contributed by atoms with van der Waals surface area (Å²) in [6, 6.07) is 4.26. The summed E-state index contributed by atoms with van der Waals surface area (Å²) in [4.78, 5) is 21.2. The summed E-state index contributed by atoms with van der Waals surface area (Å²) >= 11 is 0. The largest absolute Gasteiger partial charge is 0.465 e. The van der Waals surface area contributed by atoms with Gasteiger partial charge in [-0.2, -0.15) is 0 Å². The Morgan fingerprint density at radius 1 is 1.14 bits per heavy atom. The molecule has 158 valence electrons. The van der Waals surface area contributed by atoms with Gasteiger partial charge in [0.2, 0.25) is 5.91 Å². The summed E-state index contributed by atoms with van der Waals surface area (Å²) in [5.74, 6) is 2.53. The number of nitrogens with zero attached hydrogens (tertiary/aromatic N) is 4. The third-order valence-corrected chi connectivity index (χ3v) is 6.66. The van der Waals surface area contributed by atoms with Crippen molar-refractivity contribution in [1.82, 2.24) is 19.4 Å². The minimum absolute atomic E-state index is 0.315. The van der Waals surface area contributed by atoms with Crippen LogP contribution in [0.2, 0.25) is 0 Å². The molecule has 0 aromatic carbocycles. The first kappa shape index (κ1) is 20.2. The van der Waals surface area contributed by atoms with Crippen molar-refractivity contribution in [3.8, 4) is 0 Å². The molecule has 6 heteroatoms. The normalized spacial score (nSPS) is 19.9. The Hall–Kier alpha value is -2.08. The van der Waals surface area contributed by atoms with Crippen LogP contribution < -0.4 is 0 Å². The van der Waals surface area contributed by atoms with Crippen molar-refractivity contribution in [3.05, 3.63) is 42.4 Å². The van der Waals surface area contributed by atoms with Gasteiger partial charge in [0.15, 0.2) is 0 Å². The van der Waals surface area contributed by atoms with E-state index in [1.165, 1.54) is 12.8 Å². The summed E-state index contributed by atoms with van der Waals surface area (Å²) in [5, 5.41) is 0. The molecule has 4 rings (SSSR count). The number of rotatable bonds is 8. The highest BCUT2D eigenvalue weighted by Gasteiger charge is 2.40. The maximum absolute atomic E-state index is 12.5. The number of carbonyl (C=O) groups is 1.